The lowest BCUT2D eigenvalue weighted by Gasteiger charge is -2.32. The minimum atomic E-state index is -0.737. The Hall–Kier alpha value is -0.680. The van der Waals surface area contributed by atoms with Crippen LogP contribution < -0.4 is 5.73 Å². The molecule has 0 fully saturated rings. The molecule has 0 aliphatic heterocycles. The van der Waals surface area contributed by atoms with E-state index in [0.717, 1.165) is 0 Å². The molecular weight excluding hydrogens is 224 g/mol. The molecule has 16 heavy (non-hydrogen) atoms. The molecule has 0 spiro atoms. The summed E-state index contributed by atoms with van der Waals surface area (Å²) in [6, 6.07) is 0. The standard InChI is InChI=1S/C11H22N2O2S/c1-5-11(3,9(12)16)10(14)13(6-2)7-8-15-4/h5-8H2,1-4H3,(H2,12,16). The highest BCUT2D eigenvalue weighted by molar-refractivity contribution is 7.80. The predicted molar refractivity (Wildman–Crippen MR) is 69.3 cm³/mol. The van der Waals surface area contributed by atoms with Crippen molar-refractivity contribution < 1.29 is 9.53 Å². The van der Waals surface area contributed by atoms with Crippen molar-refractivity contribution >= 4 is 23.1 Å². The molecule has 0 saturated carbocycles. The highest BCUT2D eigenvalue weighted by atomic mass is 32.1. The molecule has 5 heteroatoms. The van der Waals surface area contributed by atoms with Gasteiger partial charge in [0.2, 0.25) is 5.91 Å². The van der Waals surface area contributed by atoms with Crippen LogP contribution in [0.3, 0.4) is 0 Å². The fourth-order valence-electron chi connectivity index (χ4n) is 1.38. The summed E-state index contributed by atoms with van der Waals surface area (Å²) in [6.07, 6.45) is 0.616. The van der Waals surface area contributed by atoms with Crippen molar-refractivity contribution in [3.8, 4) is 0 Å². The Morgan fingerprint density at radius 1 is 1.50 bits per heavy atom. The molecule has 0 rings (SSSR count). The Balaban J connectivity index is 4.76. The van der Waals surface area contributed by atoms with Gasteiger partial charge in [0.05, 0.1) is 17.0 Å². The minimum Gasteiger partial charge on any atom is -0.392 e. The summed E-state index contributed by atoms with van der Waals surface area (Å²) in [5.74, 6) is -0.0120. The third-order valence-electron chi connectivity index (χ3n) is 2.96. The first-order chi connectivity index (χ1) is 7.43. The zero-order chi connectivity index (χ0) is 12.8. The predicted octanol–water partition coefficient (Wildman–Crippen LogP) is 1.18. The number of likely N-dealkylation sites (N-methyl/N-ethyl adjacent to an activating group) is 1. The number of nitrogens with two attached hydrogens (primary N) is 1. The number of nitrogens with zero attached hydrogens (tertiary/aromatic N) is 1. The second-order valence-electron chi connectivity index (χ2n) is 3.93. The van der Waals surface area contributed by atoms with Gasteiger partial charge in [0.1, 0.15) is 0 Å². The number of amides is 1. The summed E-state index contributed by atoms with van der Waals surface area (Å²) in [7, 11) is 1.62. The molecule has 1 amide bonds. The Kier molecular flexibility index (Phi) is 6.52. The van der Waals surface area contributed by atoms with Crippen molar-refractivity contribution in [2.24, 2.45) is 11.1 Å². The van der Waals surface area contributed by atoms with E-state index in [4.69, 9.17) is 22.7 Å². The van der Waals surface area contributed by atoms with Gasteiger partial charge in [-0.2, -0.15) is 0 Å². The van der Waals surface area contributed by atoms with Crippen LogP contribution in [0.1, 0.15) is 27.2 Å². The number of carbonyl (C=O) groups excluding carboxylic acids is 1. The van der Waals surface area contributed by atoms with Crippen molar-refractivity contribution in [1.29, 1.82) is 0 Å². The molecule has 0 aromatic heterocycles. The van der Waals surface area contributed by atoms with Gasteiger partial charge in [-0.1, -0.05) is 19.1 Å². The quantitative estimate of drug-likeness (QED) is 0.685. The van der Waals surface area contributed by atoms with E-state index in [-0.39, 0.29) is 10.9 Å². The van der Waals surface area contributed by atoms with Gasteiger partial charge in [0.15, 0.2) is 0 Å². The SMILES string of the molecule is CCN(CCOC)C(=O)C(C)(CC)C(N)=S. The maximum Gasteiger partial charge on any atom is 0.235 e. The Bertz CT molecular complexity index is 258. The third-order valence-corrected chi connectivity index (χ3v) is 3.41. The molecule has 0 heterocycles. The largest absolute Gasteiger partial charge is 0.392 e. The van der Waals surface area contributed by atoms with Gasteiger partial charge >= 0.3 is 0 Å². The van der Waals surface area contributed by atoms with Crippen molar-refractivity contribution in [3.63, 3.8) is 0 Å². The lowest BCUT2D eigenvalue weighted by Crippen LogP contribution is -2.49. The van der Waals surface area contributed by atoms with E-state index >= 15 is 0 Å². The van der Waals surface area contributed by atoms with E-state index in [9.17, 15) is 4.79 Å². The molecule has 1 atom stereocenters. The van der Waals surface area contributed by atoms with E-state index < -0.39 is 5.41 Å². The number of carbonyl (C=O) groups is 1. The maximum absolute atomic E-state index is 12.3. The summed E-state index contributed by atoms with van der Waals surface area (Å²) >= 11 is 4.98. The van der Waals surface area contributed by atoms with Crippen LogP contribution in [0.5, 0.6) is 0 Å². The number of hydrogen-bond acceptors (Lipinski definition) is 3. The van der Waals surface area contributed by atoms with Crippen LogP contribution >= 0.6 is 12.2 Å². The molecule has 4 nitrogen and oxygen atoms in total. The molecule has 0 aromatic rings. The number of methoxy groups -OCH3 is 1. The van der Waals surface area contributed by atoms with Crippen LogP contribution in [0.15, 0.2) is 0 Å². The summed E-state index contributed by atoms with van der Waals surface area (Å²) < 4.78 is 4.97. The minimum absolute atomic E-state index is 0.0120. The molecule has 2 N–H and O–H groups in total. The zero-order valence-electron chi connectivity index (χ0n) is 10.6. The Morgan fingerprint density at radius 3 is 2.38 bits per heavy atom. The molecule has 0 radical (unpaired) electrons. The zero-order valence-corrected chi connectivity index (χ0v) is 11.4. The van der Waals surface area contributed by atoms with Crippen molar-refractivity contribution in [2.75, 3.05) is 26.8 Å². The van der Waals surface area contributed by atoms with E-state index in [1.54, 1.807) is 18.9 Å². The van der Waals surface area contributed by atoms with Crippen molar-refractivity contribution in [2.45, 2.75) is 27.2 Å². The van der Waals surface area contributed by atoms with Crippen LogP contribution in [0.4, 0.5) is 0 Å². The van der Waals surface area contributed by atoms with Gasteiger partial charge in [-0.25, -0.2) is 0 Å². The summed E-state index contributed by atoms with van der Waals surface area (Å²) in [5.41, 5.74) is 4.92. The molecular formula is C11H22N2O2S. The topological polar surface area (TPSA) is 55.6 Å². The average molecular weight is 246 g/mol. The van der Waals surface area contributed by atoms with Gasteiger partial charge < -0.3 is 15.4 Å². The number of rotatable bonds is 7. The number of ether oxygens (including phenoxy) is 1. The second-order valence-corrected chi connectivity index (χ2v) is 4.37. The molecule has 0 aliphatic carbocycles. The molecule has 0 saturated heterocycles. The van der Waals surface area contributed by atoms with Crippen molar-refractivity contribution in [3.05, 3.63) is 0 Å². The van der Waals surface area contributed by atoms with Crippen LogP contribution in [-0.4, -0.2) is 42.6 Å². The monoisotopic (exact) mass is 246 g/mol. The van der Waals surface area contributed by atoms with Crippen LogP contribution in [-0.2, 0) is 9.53 Å². The Morgan fingerprint density at radius 2 is 2.06 bits per heavy atom. The molecule has 0 bridgehead atoms. The van der Waals surface area contributed by atoms with Gasteiger partial charge in [-0.3, -0.25) is 4.79 Å². The fraction of sp³-hybridized carbons (Fsp3) is 0.818. The van der Waals surface area contributed by atoms with E-state index in [1.165, 1.54) is 0 Å². The summed E-state index contributed by atoms with van der Waals surface area (Å²) in [6.45, 7) is 7.39. The second kappa shape index (κ2) is 6.81. The Labute approximate surface area is 103 Å². The molecule has 94 valence electrons. The fourth-order valence-corrected chi connectivity index (χ4v) is 1.62. The summed E-state index contributed by atoms with van der Waals surface area (Å²) in [5, 5.41) is 0. The first-order valence-electron chi connectivity index (χ1n) is 5.52. The van der Waals surface area contributed by atoms with Crippen LogP contribution in [0.25, 0.3) is 0 Å². The number of thiocarbonyl (C=S) groups is 1. The lowest BCUT2D eigenvalue weighted by molar-refractivity contribution is -0.138. The first kappa shape index (κ1) is 15.3. The normalized spacial score (nSPS) is 14.2. The number of hydrogen-bond donors (Lipinski definition) is 1. The van der Waals surface area contributed by atoms with E-state index in [0.29, 0.717) is 26.1 Å². The smallest absolute Gasteiger partial charge is 0.235 e. The van der Waals surface area contributed by atoms with Crippen molar-refractivity contribution in [1.82, 2.24) is 4.90 Å². The molecule has 1 unspecified atom stereocenters. The van der Waals surface area contributed by atoms with Gasteiger partial charge in [-0.05, 0) is 20.3 Å². The van der Waals surface area contributed by atoms with Gasteiger partial charge in [0.25, 0.3) is 0 Å². The third kappa shape index (κ3) is 3.42. The highest BCUT2D eigenvalue weighted by Gasteiger charge is 2.37. The van der Waals surface area contributed by atoms with Gasteiger partial charge in [-0.15, -0.1) is 0 Å². The average Bonchev–Trinajstić information content (AvgIpc) is 2.28. The first-order valence-corrected chi connectivity index (χ1v) is 5.93. The molecule has 0 aliphatic rings. The lowest BCUT2D eigenvalue weighted by atomic mass is 9.86. The van der Waals surface area contributed by atoms with E-state index in [1.807, 2.05) is 13.8 Å². The van der Waals surface area contributed by atoms with Crippen LogP contribution in [0, 0.1) is 5.41 Å². The van der Waals surface area contributed by atoms with Crippen LogP contribution in [0.2, 0.25) is 0 Å². The maximum atomic E-state index is 12.3. The molecule has 0 aromatic carbocycles. The van der Waals surface area contributed by atoms with E-state index in [2.05, 4.69) is 0 Å². The highest BCUT2D eigenvalue weighted by Crippen LogP contribution is 2.24. The van der Waals surface area contributed by atoms with Gasteiger partial charge in [0, 0.05) is 20.2 Å². The summed E-state index contributed by atoms with van der Waals surface area (Å²) in [4.78, 5) is 14.3.